The number of benzene rings is 1. The van der Waals surface area contributed by atoms with Crippen molar-refractivity contribution in [1.29, 1.82) is 0 Å². The summed E-state index contributed by atoms with van der Waals surface area (Å²) in [7, 11) is -2.86. The van der Waals surface area contributed by atoms with E-state index >= 15 is 0 Å². The van der Waals surface area contributed by atoms with Crippen LogP contribution in [0, 0.1) is 0 Å². The normalized spacial score (nSPS) is 24.7. The minimum absolute atomic E-state index is 0.0760. The molecule has 2 aliphatic rings. The predicted octanol–water partition coefficient (Wildman–Crippen LogP) is 0.351. The summed E-state index contributed by atoms with van der Waals surface area (Å²) in [6.07, 6.45) is 0. The van der Waals surface area contributed by atoms with Crippen molar-refractivity contribution in [3.63, 3.8) is 0 Å². The highest BCUT2D eigenvalue weighted by atomic mass is 32.2. The van der Waals surface area contributed by atoms with Crippen LogP contribution >= 0.6 is 0 Å². The van der Waals surface area contributed by atoms with Crippen molar-refractivity contribution in [2.24, 2.45) is 0 Å². The second-order valence-electron chi connectivity index (χ2n) is 6.68. The molecule has 1 aromatic rings. The summed E-state index contributed by atoms with van der Waals surface area (Å²) in [5.74, 6) is 0.528. The lowest BCUT2D eigenvalue weighted by Crippen LogP contribution is -2.52. The van der Waals surface area contributed by atoms with Crippen LogP contribution < -0.4 is 5.32 Å². The van der Waals surface area contributed by atoms with E-state index in [4.69, 9.17) is 0 Å². The molecule has 0 aliphatic carbocycles. The number of piperazine rings is 1. The first-order valence-corrected chi connectivity index (χ1v) is 10.3. The molecule has 1 aromatic carbocycles. The Labute approximate surface area is 143 Å². The van der Waals surface area contributed by atoms with Crippen LogP contribution in [-0.2, 0) is 16.4 Å². The summed E-state index contributed by atoms with van der Waals surface area (Å²) >= 11 is 0. The molecular weight excluding hydrogens is 326 g/mol. The average molecular weight is 351 g/mol. The molecule has 6 nitrogen and oxygen atoms in total. The fourth-order valence-electron chi connectivity index (χ4n) is 3.28. The van der Waals surface area contributed by atoms with Crippen molar-refractivity contribution in [2.45, 2.75) is 19.5 Å². The van der Waals surface area contributed by atoms with Gasteiger partial charge in [0.25, 0.3) is 5.91 Å². The molecule has 1 atom stereocenters. The van der Waals surface area contributed by atoms with Gasteiger partial charge in [-0.25, -0.2) is 8.42 Å². The highest BCUT2D eigenvalue weighted by Crippen LogP contribution is 2.15. The lowest BCUT2D eigenvalue weighted by atomic mass is 10.1. The Kier molecular flexibility index (Phi) is 5.22. The highest BCUT2D eigenvalue weighted by Gasteiger charge is 2.25. The van der Waals surface area contributed by atoms with Gasteiger partial charge in [0, 0.05) is 50.9 Å². The maximum absolute atomic E-state index is 12.7. The zero-order valence-corrected chi connectivity index (χ0v) is 14.9. The molecule has 0 spiro atoms. The van der Waals surface area contributed by atoms with Gasteiger partial charge in [0.05, 0.1) is 11.5 Å². The van der Waals surface area contributed by atoms with Gasteiger partial charge in [0.15, 0.2) is 9.84 Å². The monoisotopic (exact) mass is 351 g/mol. The Morgan fingerprint density at radius 2 is 2.00 bits per heavy atom. The summed E-state index contributed by atoms with van der Waals surface area (Å²) in [6, 6.07) is 7.92. The molecule has 2 heterocycles. The van der Waals surface area contributed by atoms with E-state index in [-0.39, 0.29) is 23.5 Å². The maximum Gasteiger partial charge on any atom is 0.254 e. The van der Waals surface area contributed by atoms with Crippen LogP contribution in [-0.4, -0.2) is 74.4 Å². The topological polar surface area (TPSA) is 69.7 Å². The Morgan fingerprint density at radius 1 is 1.25 bits per heavy atom. The van der Waals surface area contributed by atoms with Crippen molar-refractivity contribution in [1.82, 2.24) is 15.1 Å². The molecule has 0 aromatic heterocycles. The Balaban J connectivity index is 1.67. The van der Waals surface area contributed by atoms with E-state index in [2.05, 4.69) is 17.1 Å². The quantitative estimate of drug-likeness (QED) is 0.851. The van der Waals surface area contributed by atoms with Crippen LogP contribution in [0.1, 0.15) is 22.8 Å². The van der Waals surface area contributed by atoms with Crippen molar-refractivity contribution in [2.75, 3.05) is 44.2 Å². The number of sulfone groups is 1. The van der Waals surface area contributed by atoms with Gasteiger partial charge in [-0.15, -0.1) is 0 Å². The number of rotatable bonds is 3. The van der Waals surface area contributed by atoms with E-state index in [0.717, 1.165) is 25.2 Å². The smallest absolute Gasteiger partial charge is 0.254 e. The fraction of sp³-hybridized carbons (Fsp3) is 0.588. The van der Waals surface area contributed by atoms with E-state index in [0.29, 0.717) is 25.2 Å². The zero-order valence-electron chi connectivity index (χ0n) is 14.1. The van der Waals surface area contributed by atoms with E-state index in [1.54, 1.807) is 0 Å². The zero-order chi connectivity index (χ0) is 17.2. The Hall–Kier alpha value is -1.44. The van der Waals surface area contributed by atoms with Crippen molar-refractivity contribution >= 4 is 15.7 Å². The van der Waals surface area contributed by atoms with Crippen LogP contribution in [0.25, 0.3) is 0 Å². The summed E-state index contributed by atoms with van der Waals surface area (Å²) in [4.78, 5) is 16.8. The maximum atomic E-state index is 12.7. The third kappa shape index (κ3) is 4.15. The van der Waals surface area contributed by atoms with Gasteiger partial charge in [-0.2, -0.15) is 0 Å². The molecule has 7 heteroatoms. The summed E-state index contributed by atoms with van der Waals surface area (Å²) in [5.41, 5.74) is 1.77. The minimum atomic E-state index is -2.86. The molecule has 2 aliphatic heterocycles. The van der Waals surface area contributed by atoms with E-state index in [1.807, 2.05) is 29.2 Å². The molecule has 0 saturated carbocycles. The van der Waals surface area contributed by atoms with Gasteiger partial charge >= 0.3 is 0 Å². The molecule has 132 valence electrons. The lowest BCUT2D eigenvalue weighted by molar-refractivity contribution is 0.0655. The van der Waals surface area contributed by atoms with E-state index in [9.17, 15) is 13.2 Å². The van der Waals surface area contributed by atoms with Crippen LogP contribution in [0.3, 0.4) is 0 Å². The third-order valence-electron chi connectivity index (χ3n) is 4.78. The third-order valence-corrected chi connectivity index (χ3v) is 6.39. The van der Waals surface area contributed by atoms with Crippen LogP contribution in [0.2, 0.25) is 0 Å². The molecule has 0 bridgehead atoms. The first-order chi connectivity index (χ1) is 11.4. The number of nitrogens with zero attached hydrogens (tertiary/aromatic N) is 2. The molecule has 1 amide bonds. The first kappa shape index (κ1) is 17.4. The van der Waals surface area contributed by atoms with Gasteiger partial charge in [0.2, 0.25) is 0 Å². The molecule has 2 fully saturated rings. The van der Waals surface area contributed by atoms with Crippen LogP contribution in [0.5, 0.6) is 0 Å². The Morgan fingerprint density at radius 3 is 2.71 bits per heavy atom. The van der Waals surface area contributed by atoms with Crippen molar-refractivity contribution in [3.8, 4) is 0 Å². The van der Waals surface area contributed by atoms with Gasteiger partial charge in [-0.05, 0) is 24.6 Å². The number of carbonyl (C=O) groups is 1. The second kappa shape index (κ2) is 7.21. The van der Waals surface area contributed by atoms with E-state index < -0.39 is 9.84 Å². The summed E-state index contributed by atoms with van der Waals surface area (Å²) in [6.45, 7) is 6.26. The lowest BCUT2D eigenvalue weighted by Gasteiger charge is -2.34. The Bertz CT molecular complexity index is 691. The number of nitrogens with one attached hydrogen (secondary N) is 1. The molecular formula is C17H25N3O3S. The SMILES string of the molecule is C[C@@H]1CNCCN1C(=O)c1cccc(CN2CCS(=O)(=O)CC2)c1. The highest BCUT2D eigenvalue weighted by molar-refractivity contribution is 7.91. The number of carbonyl (C=O) groups excluding carboxylic acids is 1. The number of amides is 1. The van der Waals surface area contributed by atoms with Gasteiger partial charge in [0.1, 0.15) is 0 Å². The van der Waals surface area contributed by atoms with Crippen molar-refractivity contribution < 1.29 is 13.2 Å². The number of hydrogen-bond donors (Lipinski definition) is 1. The second-order valence-corrected chi connectivity index (χ2v) is 8.98. The van der Waals surface area contributed by atoms with Gasteiger partial charge in [-0.1, -0.05) is 12.1 Å². The van der Waals surface area contributed by atoms with Gasteiger partial charge in [-0.3, -0.25) is 9.69 Å². The van der Waals surface area contributed by atoms with Gasteiger partial charge < -0.3 is 10.2 Å². The van der Waals surface area contributed by atoms with Crippen molar-refractivity contribution in [3.05, 3.63) is 35.4 Å². The molecule has 2 saturated heterocycles. The van der Waals surface area contributed by atoms with E-state index in [1.165, 1.54) is 0 Å². The first-order valence-electron chi connectivity index (χ1n) is 8.48. The largest absolute Gasteiger partial charge is 0.333 e. The molecule has 1 N–H and O–H groups in total. The number of hydrogen-bond acceptors (Lipinski definition) is 5. The minimum Gasteiger partial charge on any atom is -0.333 e. The van der Waals surface area contributed by atoms with Crippen LogP contribution in [0.4, 0.5) is 0 Å². The standard InChI is InChI=1S/C17H25N3O3S/c1-14-12-18-5-6-20(14)17(21)16-4-2-3-15(11-16)13-19-7-9-24(22,23)10-8-19/h2-4,11,14,18H,5-10,12-13H2,1H3/t14-/m1/s1. The predicted molar refractivity (Wildman–Crippen MR) is 93.7 cm³/mol. The summed E-state index contributed by atoms with van der Waals surface area (Å²) < 4.78 is 23.0. The molecule has 3 rings (SSSR count). The summed E-state index contributed by atoms with van der Waals surface area (Å²) in [5, 5.41) is 3.29. The fourth-order valence-corrected chi connectivity index (χ4v) is 4.55. The molecule has 24 heavy (non-hydrogen) atoms. The average Bonchev–Trinajstić information content (AvgIpc) is 2.57. The molecule has 0 radical (unpaired) electrons. The van der Waals surface area contributed by atoms with Crippen LogP contribution in [0.15, 0.2) is 24.3 Å². The molecule has 0 unspecified atom stereocenters.